The molecule has 0 atom stereocenters. The number of rotatable bonds is 4. The second kappa shape index (κ2) is 7.60. The lowest BCUT2D eigenvalue weighted by Gasteiger charge is -2.13. The third-order valence-corrected chi connectivity index (χ3v) is 5.56. The molecule has 0 unspecified atom stereocenters. The number of aromatic nitrogens is 2. The molecule has 0 aliphatic heterocycles. The van der Waals surface area contributed by atoms with Crippen molar-refractivity contribution in [1.82, 2.24) is 9.97 Å². The Balaban J connectivity index is 1.92. The third kappa shape index (κ3) is 3.56. The maximum Gasteiger partial charge on any atom is 0.339 e. The van der Waals surface area contributed by atoms with E-state index in [4.69, 9.17) is 4.74 Å². The first-order valence-electron chi connectivity index (χ1n) is 8.96. The number of hydrogen-bond acceptors (Lipinski definition) is 6. The van der Waals surface area contributed by atoms with Gasteiger partial charge in [-0.05, 0) is 43.7 Å². The summed E-state index contributed by atoms with van der Waals surface area (Å²) < 4.78 is 18.3. The second-order valence-electron chi connectivity index (χ2n) is 6.50. The Morgan fingerprint density at radius 1 is 1.07 bits per heavy atom. The molecule has 2 heterocycles. The minimum Gasteiger partial charge on any atom is -0.465 e. The molecule has 0 saturated carbocycles. The maximum absolute atomic E-state index is 13.4. The van der Waals surface area contributed by atoms with Crippen LogP contribution in [0.25, 0.3) is 21.3 Å². The van der Waals surface area contributed by atoms with Crippen LogP contribution in [0.4, 0.5) is 15.9 Å². The Morgan fingerprint density at radius 3 is 2.52 bits per heavy atom. The Bertz CT molecular complexity index is 1220. The second-order valence-corrected chi connectivity index (χ2v) is 7.71. The lowest BCUT2D eigenvalue weighted by Crippen LogP contribution is -2.07. The fourth-order valence-corrected chi connectivity index (χ4v) is 4.37. The number of carbonyl (C=O) groups is 1. The van der Waals surface area contributed by atoms with Crippen molar-refractivity contribution in [3.05, 3.63) is 70.6 Å². The van der Waals surface area contributed by atoms with Crippen molar-refractivity contribution in [2.75, 3.05) is 12.4 Å². The van der Waals surface area contributed by atoms with Crippen LogP contribution in [0.5, 0.6) is 0 Å². The topological polar surface area (TPSA) is 64.1 Å². The largest absolute Gasteiger partial charge is 0.465 e. The van der Waals surface area contributed by atoms with E-state index >= 15 is 0 Å². The van der Waals surface area contributed by atoms with Crippen molar-refractivity contribution >= 4 is 39.0 Å². The summed E-state index contributed by atoms with van der Waals surface area (Å²) in [7, 11) is 1.35. The molecule has 29 heavy (non-hydrogen) atoms. The molecule has 2 aromatic heterocycles. The molecule has 2 aromatic carbocycles. The highest BCUT2D eigenvalue weighted by Crippen LogP contribution is 2.41. The molecule has 1 N–H and O–H groups in total. The van der Waals surface area contributed by atoms with Crippen LogP contribution in [-0.4, -0.2) is 23.0 Å². The minimum absolute atomic E-state index is 0.289. The summed E-state index contributed by atoms with van der Waals surface area (Å²) in [6.45, 7) is 3.83. The summed E-state index contributed by atoms with van der Waals surface area (Å²) in [6.07, 6.45) is 0. The van der Waals surface area contributed by atoms with Gasteiger partial charge in [-0.1, -0.05) is 24.3 Å². The molecule has 146 valence electrons. The fraction of sp³-hybridized carbons (Fsp3) is 0.136. The van der Waals surface area contributed by atoms with Crippen LogP contribution in [0.1, 0.15) is 21.1 Å². The first-order valence-corrected chi connectivity index (χ1v) is 9.77. The number of fused-ring (bicyclic) bond motifs is 1. The number of anilines is 2. The normalized spacial score (nSPS) is 10.9. The van der Waals surface area contributed by atoms with E-state index in [9.17, 15) is 9.18 Å². The lowest BCUT2D eigenvalue weighted by atomic mass is 10.0. The van der Waals surface area contributed by atoms with Crippen molar-refractivity contribution < 1.29 is 13.9 Å². The highest BCUT2D eigenvalue weighted by molar-refractivity contribution is 7.19. The van der Waals surface area contributed by atoms with E-state index in [-0.39, 0.29) is 5.82 Å². The van der Waals surface area contributed by atoms with Gasteiger partial charge < -0.3 is 10.1 Å². The van der Waals surface area contributed by atoms with Gasteiger partial charge in [0.05, 0.1) is 23.7 Å². The quantitative estimate of drug-likeness (QED) is 0.443. The highest BCUT2D eigenvalue weighted by Gasteiger charge is 2.19. The van der Waals surface area contributed by atoms with Gasteiger partial charge >= 0.3 is 5.97 Å². The van der Waals surface area contributed by atoms with Crippen LogP contribution in [0.3, 0.4) is 0 Å². The molecule has 5 nitrogen and oxygen atoms in total. The van der Waals surface area contributed by atoms with E-state index < -0.39 is 5.97 Å². The van der Waals surface area contributed by atoms with Crippen molar-refractivity contribution in [3.8, 4) is 11.1 Å². The van der Waals surface area contributed by atoms with Gasteiger partial charge in [-0.25, -0.2) is 19.2 Å². The molecule has 0 aliphatic carbocycles. The first kappa shape index (κ1) is 19.0. The number of nitrogens with zero attached hydrogens (tertiary/aromatic N) is 2. The Hall–Kier alpha value is -3.32. The lowest BCUT2D eigenvalue weighted by molar-refractivity contribution is 0.0602. The third-order valence-electron chi connectivity index (χ3n) is 4.56. The number of benzene rings is 2. The molecule has 0 saturated heterocycles. The zero-order chi connectivity index (χ0) is 20.5. The molecule has 0 fully saturated rings. The number of halogens is 1. The van der Waals surface area contributed by atoms with E-state index in [0.717, 1.165) is 26.2 Å². The van der Waals surface area contributed by atoms with Crippen LogP contribution in [-0.2, 0) is 4.74 Å². The Labute approximate surface area is 171 Å². The van der Waals surface area contributed by atoms with Crippen LogP contribution >= 0.6 is 11.3 Å². The van der Waals surface area contributed by atoms with E-state index in [0.29, 0.717) is 22.9 Å². The Morgan fingerprint density at radius 2 is 1.79 bits per heavy atom. The number of thiophene rings is 1. The van der Waals surface area contributed by atoms with Gasteiger partial charge in [-0.15, -0.1) is 11.3 Å². The van der Waals surface area contributed by atoms with Crippen molar-refractivity contribution in [3.63, 3.8) is 0 Å². The minimum atomic E-state index is -0.435. The molecular formula is C22H18FN3O2S. The van der Waals surface area contributed by atoms with Crippen molar-refractivity contribution in [1.29, 1.82) is 0 Å². The van der Waals surface area contributed by atoms with Gasteiger partial charge in [-0.3, -0.25) is 0 Å². The molecule has 7 heteroatoms. The molecule has 0 bridgehead atoms. The summed E-state index contributed by atoms with van der Waals surface area (Å²) in [4.78, 5) is 23.2. The number of hydrogen-bond donors (Lipinski definition) is 1. The number of carbonyl (C=O) groups excluding carboxylic acids is 1. The summed E-state index contributed by atoms with van der Waals surface area (Å²) in [6, 6.07) is 13.5. The van der Waals surface area contributed by atoms with Crippen molar-refractivity contribution in [2.24, 2.45) is 0 Å². The molecule has 0 aliphatic rings. The number of para-hydroxylation sites is 1. The zero-order valence-corrected chi connectivity index (χ0v) is 16.9. The molecule has 4 rings (SSSR count). The average Bonchev–Trinajstić information content (AvgIpc) is 3.04. The van der Waals surface area contributed by atoms with Crippen LogP contribution in [0.2, 0.25) is 0 Å². The van der Waals surface area contributed by atoms with Gasteiger partial charge in [0.25, 0.3) is 0 Å². The van der Waals surface area contributed by atoms with Crippen molar-refractivity contribution in [2.45, 2.75) is 13.8 Å². The monoisotopic (exact) mass is 407 g/mol. The summed E-state index contributed by atoms with van der Waals surface area (Å²) in [5.41, 5.74) is 2.83. The first-order chi connectivity index (χ1) is 14.0. The van der Waals surface area contributed by atoms with E-state index in [2.05, 4.69) is 15.3 Å². The van der Waals surface area contributed by atoms with Gasteiger partial charge in [-0.2, -0.15) is 0 Å². The fourth-order valence-electron chi connectivity index (χ4n) is 3.28. The van der Waals surface area contributed by atoms with E-state index in [1.54, 1.807) is 41.7 Å². The highest BCUT2D eigenvalue weighted by atomic mass is 32.1. The molecule has 0 radical (unpaired) electrons. The average molecular weight is 407 g/mol. The van der Waals surface area contributed by atoms with E-state index in [1.807, 2.05) is 19.9 Å². The van der Waals surface area contributed by atoms with Gasteiger partial charge in [0, 0.05) is 10.4 Å². The smallest absolute Gasteiger partial charge is 0.339 e. The number of ether oxygens (including phenoxy) is 1. The van der Waals surface area contributed by atoms with E-state index in [1.165, 1.54) is 19.2 Å². The number of esters is 1. The summed E-state index contributed by atoms with van der Waals surface area (Å²) >= 11 is 1.56. The predicted octanol–water partition coefficient (Wildman–Crippen LogP) is 5.64. The molecule has 4 aromatic rings. The van der Waals surface area contributed by atoms with Gasteiger partial charge in [0.15, 0.2) is 0 Å². The predicted molar refractivity (Wildman–Crippen MR) is 113 cm³/mol. The number of methoxy groups -OCH3 is 1. The molecular weight excluding hydrogens is 389 g/mol. The standard InChI is InChI=1S/C22H18FN3O2S/c1-12-18(14-8-10-15(23)11-9-14)19-20(24-13(2)25-21(19)29-12)26-17-7-5-4-6-16(17)22(27)28-3/h4-11H,1-3H3,(H,24,25,26). The van der Waals surface area contributed by atoms with Crippen LogP contribution in [0.15, 0.2) is 48.5 Å². The SMILES string of the molecule is COC(=O)c1ccccc1Nc1nc(C)nc2sc(C)c(-c3ccc(F)cc3)c12. The van der Waals surface area contributed by atoms with Gasteiger partial charge in [0.2, 0.25) is 0 Å². The Kier molecular flexibility index (Phi) is 4.98. The molecule has 0 spiro atoms. The van der Waals surface area contributed by atoms with Gasteiger partial charge in [0.1, 0.15) is 22.3 Å². The van der Waals surface area contributed by atoms with Crippen LogP contribution in [0, 0.1) is 19.7 Å². The molecule has 0 amide bonds. The summed E-state index contributed by atoms with van der Waals surface area (Å²) in [5, 5.41) is 4.12. The zero-order valence-electron chi connectivity index (χ0n) is 16.1. The summed E-state index contributed by atoms with van der Waals surface area (Å²) in [5.74, 6) is 0.480. The maximum atomic E-state index is 13.4. The van der Waals surface area contributed by atoms with Crippen LogP contribution < -0.4 is 5.32 Å². The number of aryl methyl sites for hydroxylation is 2. The number of nitrogens with one attached hydrogen (secondary N) is 1.